The molecule has 0 radical (unpaired) electrons. The maximum atomic E-state index is 12.9. The van der Waals surface area contributed by atoms with E-state index in [1.165, 1.54) is 27.9 Å². The van der Waals surface area contributed by atoms with E-state index in [0.29, 0.717) is 0 Å². The van der Waals surface area contributed by atoms with E-state index in [0.717, 1.165) is 31.9 Å². The largest absolute Gasteiger partial charge is 0.467 e. The summed E-state index contributed by atoms with van der Waals surface area (Å²) in [6.07, 6.45) is -12.0. The van der Waals surface area contributed by atoms with Gasteiger partial charge >= 0.3 is 23.9 Å². The zero-order valence-electron chi connectivity index (χ0n) is 33.5. The third-order valence-corrected chi connectivity index (χ3v) is 8.92. The fourth-order valence-corrected chi connectivity index (χ4v) is 6.53. The van der Waals surface area contributed by atoms with Crippen molar-refractivity contribution >= 4 is 35.7 Å². The predicted octanol–water partition coefficient (Wildman–Crippen LogP) is 1.64. The molecule has 2 aliphatic rings. The number of carbonyl (C=O) groups excluding carboxylic acids is 6. The molecule has 0 aromatic heterocycles. The summed E-state index contributed by atoms with van der Waals surface area (Å²) in [6, 6.07) is 15.9. The van der Waals surface area contributed by atoms with Crippen LogP contribution in [0.25, 0.3) is 0 Å². The van der Waals surface area contributed by atoms with Gasteiger partial charge in [0.25, 0.3) is 0 Å². The monoisotopic (exact) mass is 816 g/mol. The van der Waals surface area contributed by atoms with Crippen LogP contribution in [-0.2, 0) is 89.3 Å². The van der Waals surface area contributed by atoms with Crippen LogP contribution in [0.3, 0.4) is 0 Å². The third-order valence-electron chi connectivity index (χ3n) is 8.92. The summed E-state index contributed by atoms with van der Waals surface area (Å²) in [5, 5.41) is 5.49. The first-order valence-electron chi connectivity index (χ1n) is 18.7. The van der Waals surface area contributed by atoms with Crippen LogP contribution in [-0.4, -0.2) is 123 Å². The summed E-state index contributed by atoms with van der Waals surface area (Å²) >= 11 is 0. The summed E-state index contributed by atoms with van der Waals surface area (Å²) in [5.41, 5.74) is 1.63. The van der Waals surface area contributed by atoms with Gasteiger partial charge in [-0.2, -0.15) is 0 Å². The highest BCUT2D eigenvalue weighted by atomic mass is 16.7. The molecule has 0 bridgehead atoms. The SMILES string of the molecule is COC(=O)[C@@H](C)O[C@@H]1[C@H](NC(C)=O)[C@@H](OCc2ccccc2)OC(COCc2ccccc2)[C@H]1O[C@@H]1OC(COC(C)=O)[C@@H](OC(C)=O)[C@H](OC(C)=O)[C@@H]1NC(C)=O. The van der Waals surface area contributed by atoms with Gasteiger partial charge in [0.2, 0.25) is 11.8 Å². The van der Waals surface area contributed by atoms with E-state index in [2.05, 4.69) is 10.6 Å². The van der Waals surface area contributed by atoms with Crippen LogP contribution in [0.2, 0.25) is 0 Å². The highest BCUT2D eigenvalue weighted by Crippen LogP contribution is 2.34. The standard InChI is InChI=1S/C40H52N2O16/c1-22(38(48)49-7)53-36-32(41-23(2)43)39(52-19-29-16-12-9-13-17-29)56-30(20-50-18-28-14-10-8-11-15-28)35(36)58-40-33(42-24(3)44)37(55-27(6)47)34(54-26(5)46)31(57-40)21-51-25(4)45/h8-17,22,30-37,39-40H,18-21H2,1-7H3,(H,41,43)(H,42,44)/t22-,30?,31?,32+,33+,34-,35-,36-,37-,39+,40+/m1/s1. The van der Waals surface area contributed by atoms with Crippen LogP contribution >= 0.6 is 0 Å². The maximum absolute atomic E-state index is 12.9. The molecule has 11 atom stereocenters. The summed E-state index contributed by atoms with van der Waals surface area (Å²) in [6.45, 7) is 6.81. The first kappa shape index (κ1) is 45.7. The molecule has 0 aliphatic carbocycles. The first-order chi connectivity index (χ1) is 27.7. The smallest absolute Gasteiger partial charge is 0.334 e. The van der Waals surface area contributed by atoms with Crippen LogP contribution in [0.1, 0.15) is 52.7 Å². The summed E-state index contributed by atoms with van der Waals surface area (Å²) in [4.78, 5) is 75.3. The second-order valence-corrected chi connectivity index (χ2v) is 13.7. The van der Waals surface area contributed by atoms with Gasteiger partial charge in [-0.25, -0.2) is 4.79 Å². The van der Waals surface area contributed by atoms with Gasteiger partial charge in [-0.05, 0) is 18.1 Å². The number of hydrogen-bond acceptors (Lipinski definition) is 16. The molecule has 2 aromatic rings. The van der Waals surface area contributed by atoms with Crippen LogP contribution in [0.5, 0.6) is 0 Å². The Balaban J connectivity index is 1.84. The number of amides is 2. The lowest BCUT2D eigenvalue weighted by Crippen LogP contribution is -2.70. The van der Waals surface area contributed by atoms with E-state index >= 15 is 0 Å². The number of esters is 4. The fraction of sp³-hybridized carbons (Fsp3) is 0.550. The molecule has 18 heteroatoms. The quantitative estimate of drug-likeness (QED) is 0.161. The average molecular weight is 817 g/mol. The van der Waals surface area contributed by atoms with Gasteiger partial charge in [0.1, 0.15) is 43.1 Å². The number of methoxy groups -OCH3 is 1. The van der Waals surface area contributed by atoms with E-state index < -0.39 is 110 Å². The van der Waals surface area contributed by atoms with Crippen molar-refractivity contribution in [3.05, 3.63) is 71.8 Å². The van der Waals surface area contributed by atoms with Crippen molar-refractivity contribution in [2.75, 3.05) is 20.3 Å². The average Bonchev–Trinajstić information content (AvgIpc) is 3.17. The Morgan fingerprint density at radius 3 is 1.69 bits per heavy atom. The number of rotatable bonds is 18. The van der Waals surface area contributed by atoms with E-state index in [1.54, 1.807) is 0 Å². The highest BCUT2D eigenvalue weighted by molar-refractivity contribution is 5.75. The van der Waals surface area contributed by atoms with Crippen LogP contribution in [0, 0.1) is 0 Å². The number of nitrogens with one attached hydrogen (secondary N) is 2. The van der Waals surface area contributed by atoms with Crippen LogP contribution < -0.4 is 10.6 Å². The van der Waals surface area contributed by atoms with Crippen molar-refractivity contribution in [2.45, 2.75) is 122 Å². The molecule has 2 fully saturated rings. The minimum absolute atomic E-state index is 0.0414. The molecule has 4 rings (SSSR count). The Hall–Kier alpha value is -4.98. The molecule has 2 aliphatic heterocycles. The van der Waals surface area contributed by atoms with Gasteiger partial charge in [0.05, 0.1) is 26.9 Å². The molecule has 0 saturated carbocycles. The molecule has 58 heavy (non-hydrogen) atoms. The first-order valence-corrected chi connectivity index (χ1v) is 18.7. The Morgan fingerprint density at radius 2 is 1.16 bits per heavy atom. The molecule has 2 saturated heterocycles. The third kappa shape index (κ3) is 13.6. The van der Waals surface area contributed by atoms with Crippen molar-refractivity contribution in [3.63, 3.8) is 0 Å². The second kappa shape index (κ2) is 22.2. The molecule has 2 heterocycles. The normalized spacial score (nSPS) is 27.3. The molecular formula is C40H52N2O16. The molecule has 2 unspecified atom stereocenters. The van der Waals surface area contributed by atoms with Crippen molar-refractivity contribution in [2.24, 2.45) is 0 Å². The molecule has 18 nitrogen and oxygen atoms in total. The van der Waals surface area contributed by atoms with Gasteiger partial charge in [-0.15, -0.1) is 0 Å². The lowest BCUT2D eigenvalue weighted by Gasteiger charge is -2.50. The fourth-order valence-electron chi connectivity index (χ4n) is 6.53. The van der Waals surface area contributed by atoms with E-state index in [4.69, 9.17) is 47.4 Å². The Labute approximate surface area is 336 Å². The summed E-state index contributed by atoms with van der Waals surface area (Å²) in [7, 11) is 1.18. The summed E-state index contributed by atoms with van der Waals surface area (Å²) in [5.74, 6) is -4.17. The van der Waals surface area contributed by atoms with E-state index in [9.17, 15) is 28.8 Å². The molecular weight excluding hydrogens is 764 g/mol. The van der Waals surface area contributed by atoms with Gasteiger partial charge < -0.3 is 58.0 Å². The topological polar surface area (TPSA) is 219 Å². The zero-order valence-corrected chi connectivity index (χ0v) is 33.5. The Kier molecular flexibility index (Phi) is 17.5. The summed E-state index contributed by atoms with van der Waals surface area (Å²) < 4.78 is 59.8. The van der Waals surface area contributed by atoms with Crippen LogP contribution in [0.4, 0.5) is 0 Å². The van der Waals surface area contributed by atoms with E-state index in [-0.39, 0.29) is 19.8 Å². The minimum atomic E-state index is -1.59. The molecule has 2 N–H and O–H groups in total. The zero-order chi connectivity index (χ0) is 42.4. The minimum Gasteiger partial charge on any atom is -0.467 e. The second-order valence-electron chi connectivity index (χ2n) is 13.7. The van der Waals surface area contributed by atoms with Crippen LogP contribution in [0.15, 0.2) is 60.7 Å². The Morgan fingerprint density at radius 1 is 0.638 bits per heavy atom. The van der Waals surface area contributed by atoms with E-state index in [1.807, 2.05) is 60.7 Å². The maximum Gasteiger partial charge on any atom is 0.334 e. The van der Waals surface area contributed by atoms with Crippen molar-refractivity contribution in [3.8, 4) is 0 Å². The lowest BCUT2D eigenvalue weighted by molar-refractivity contribution is -0.341. The number of hydrogen-bond donors (Lipinski definition) is 2. The van der Waals surface area contributed by atoms with Crippen molar-refractivity contribution in [1.82, 2.24) is 10.6 Å². The van der Waals surface area contributed by atoms with Gasteiger partial charge in [0.15, 0.2) is 30.9 Å². The molecule has 2 amide bonds. The molecule has 2 aromatic carbocycles. The number of ether oxygens (including phenoxy) is 10. The molecule has 318 valence electrons. The highest BCUT2D eigenvalue weighted by Gasteiger charge is 2.56. The van der Waals surface area contributed by atoms with Gasteiger partial charge in [0, 0.05) is 34.6 Å². The number of benzene rings is 2. The number of carbonyl (C=O) groups is 6. The predicted molar refractivity (Wildman–Crippen MR) is 199 cm³/mol. The van der Waals surface area contributed by atoms with Gasteiger partial charge in [-0.3, -0.25) is 24.0 Å². The van der Waals surface area contributed by atoms with Gasteiger partial charge in [-0.1, -0.05) is 60.7 Å². The lowest BCUT2D eigenvalue weighted by atomic mass is 9.93. The Bertz CT molecular complexity index is 1680. The van der Waals surface area contributed by atoms with Crippen molar-refractivity contribution in [1.29, 1.82) is 0 Å². The van der Waals surface area contributed by atoms with Crippen molar-refractivity contribution < 1.29 is 76.1 Å². The molecule has 0 spiro atoms.